The van der Waals surface area contributed by atoms with Crippen molar-refractivity contribution >= 4 is 0 Å². The van der Waals surface area contributed by atoms with E-state index in [-0.39, 0.29) is 53.5 Å². The molecule has 7 rings (SSSR count). The van der Waals surface area contributed by atoms with Crippen molar-refractivity contribution in [3.63, 3.8) is 0 Å². The van der Waals surface area contributed by atoms with Gasteiger partial charge in [0.2, 0.25) is 0 Å². The molecular weight excluding hydrogens is 889 g/mol. The summed E-state index contributed by atoms with van der Waals surface area (Å²) in [5, 5.41) is 26.0. The smallest absolute Gasteiger partial charge is 0.171 e. The molecule has 5 aliphatic rings. The second-order valence-corrected chi connectivity index (χ2v) is 23.1. The van der Waals surface area contributed by atoms with Gasteiger partial charge >= 0.3 is 0 Å². The fourth-order valence-electron chi connectivity index (χ4n) is 11.0. The van der Waals surface area contributed by atoms with Gasteiger partial charge in [-0.15, -0.1) is 0 Å². The third-order valence-corrected chi connectivity index (χ3v) is 14.0. The zero-order valence-electron chi connectivity index (χ0n) is 46.3. The molecule has 0 saturated carbocycles. The molecule has 70 heavy (non-hydrogen) atoms. The Morgan fingerprint density at radius 3 is 1.39 bits per heavy atom. The van der Waals surface area contributed by atoms with E-state index in [0.29, 0.717) is 43.7 Å². The van der Waals surface area contributed by atoms with Crippen molar-refractivity contribution in [2.24, 2.45) is 11.3 Å². The lowest BCUT2D eigenvalue weighted by Gasteiger charge is -2.59. The molecule has 2 N–H and O–H groups in total. The highest BCUT2D eigenvalue weighted by molar-refractivity contribution is 5.29. The molecule has 14 heteroatoms. The molecule has 2 aromatic carbocycles. The number of aliphatic hydroxyl groups is 2. The average Bonchev–Trinajstić information content (AvgIpc) is 3.31. The number of hydroxylamine groups is 4. The van der Waals surface area contributed by atoms with Crippen LogP contribution in [-0.4, -0.2) is 155 Å². The van der Waals surface area contributed by atoms with Crippen LogP contribution in [0.1, 0.15) is 160 Å². The van der Waals surface area contributed by atoms with Gasteiger partial charge < -0.3 is 38.6 Å². The molecule has 0 aliphatic carbocycles. The van der Waals surface area contributed by atoms with E-state index >= 15 is 0 Å². The van der Waals surface area contributed by atoms with Crippen LogP contribution in [-0.2, 0) is 28.6 Å². The summed E-state index contributed by atoms with van der Waals surface area (Å²) < 4.78 is 37.5. The molecule has 0 bridgehead atoms. The molecule has 5 fully saturated rings. The predicted molar refractivity (Wildman–Crippen MR) is 277 cm³/mol. The fraction of sp³-hybridized carbons (Fsp3) is 0.786. The lowest BCUT2D eigenvalue weighted by Crippen LogP contribution is -2.68. The highest BCUT2D eigenvalue weighted by atomic mass is 16.7. The molecule has 14 nitrogen and oxygen atoms in total. The standard InChI is InChI=1S/C52H84N4O10.2C2H6/c1-37-28-61-51(62-29-37)25-38(2)55(48(7,8)32-51)65-39(3)41-13-17-45(18-14-41)59-30-43(57)26-53-21-23-54(24-22-53)27-44(58)31-60-46-19-15-42(16-20-46)40(4)66-56-49(9,10)33-52(34-50(56,11)12)63-35-47(5,6)36-64-52;2*1-2/h13-20,37-40,43-44,57-58H,21-36H2,1-12H3;2*1-2H3. The number of nitrogens with zero attached hydrogens (tertiary/aromatic N) is 4. The number of piperazine rings is 1. The second kappa shape index (κ2) is 24.7. The Labute approximate surface area is 423 Å². The van der Waals surface area contributed by atoms with Crippen molar-refractivity contribution in [1.82, 2.24) is 19.9 Å². The second-order valence-electron chi connectivity index (χ2n) is 23.1. The first-order chi connectivity index (χ1) is 32.9. The minimum atomic E-state index is -0.628. The molecule has 2 aromatic rings. The van der Waals surface area contributed by atoms with Gasteiger partial charge in [-0.05, 0) is 97.7 Å². The number of β-amino-alcohol motifs (C(OH)–C–C–N with tert-alkyl or cyclic N) is 2. The SMILES string of the molecule is CC.CC.CC1COC2(CC(C)N(OC(C)c3ccc(OCC(O)CN4CCN(CC(O)COc5ccc(C(C)ON6C(C)(C)CC7(CC6(C)C)OCC(C)(C)CO7)cc5)CC4)cc3)C(C)(C)C2)OC1. The molecule has 5 unspecified atom stereocenters. The Kier molecular flexibility index (Phi) is 20.6. The topological polar surface area (TPSA) is 127 Å². The first-order valence-corrected chi connectivity index (χ1v) is 26.7. The van der Waals surface area contributed by atoms with Crippen molar-refractivity contribution in [3.8, 4) is 11.5 Å². The molecule has 0 radical (unpaired) electrons. The van der Waals surface area contributed by atoms with Crippen LogP contribution in [0.3, 0.4) is 0 Å². The highest BCUT2D eigenvalue weighted by Crippen LogP contribution is 2.50. The maximum atomic E-state index is 10.9. The van der Waals surface area contributed by atoms with Gasteiger partial charge in [0.25, 0.3) is 0 Å². The van der Waals surface area contributed by atoms with Gasteiger partial charge in [0.15, 0.2) is 11.6 Å². The molecule has 5 heterocycles. The van der Waals surface area contributed by atoms with Crippen LogP contribution in [0.4, 0.5) is 0 Å². The molecule has 2 spiro atoms. The monoisotopic (exact) mass is 985 g/mol. The first-order valence-electron chi connectivity index (χ1n) is 26.7. The first kappa shape index (κ1) is 58.4. The van der Waals surface area contributed by atoms with Crippen LogP contribution in [0.2, 0.25) is 0 Å². The maximum Gasteiger partial charge on any atom is 0.171 e. The van der Waals surface area contributed by atoms with Gasteiger partial charge in [0, 0.05) is 98.9 Å². The highest BCUT2D eigenvalue weighted by Gasteiger charge is 2.57. The molecular formula is C56H96N4O10. The number of ether oxygens (including phenoxy) is 6. The molecule has 5 saturated heterocycles. The van der Waals surface area contributed by atoms with E-state index in [1.165, 1.54) is 0 Å². The van der Waals surface area contributed by atoms with Crippen LogP contribution < -0.4 is 9.47 Å². The van der Waals surface area contributed by atoms with Gasteiger partial charge in [0.05, 0.1) is 26.4 Å². The van der Waals surface area contributed by atoms with Crippen molar-refractivity contribution in [1.29, 1.82) is 0 Å². The Bertz CT molecular complexity index is 1820. The number of piperidine rings is 2. The summed E-state index contributed by atoms with van der Waals surface area (Å²) >= 11 is 0. The number of hydrogen-bond donors (Lipinski definition) is 2. The van der Waals surface area contributed by atoms with Crippen LogP contribution in [0, 0.1) is 11.3 Å². The molecule has 400 valence electrons. The number of rotatable bonds is 16. The van der Waals surface area contributed by atoms with E-state index in [1.807, 2.05) is 76.2 Å². The molecule has 0 aromatic heterocycles. The minimum absolute atomic E-state index is 0.0146. The minimum Gasteiger partial charge on any atom is -0.491 e. The van der Waals surface area contributed by atoms with E-state index in [4.69, 9.17) is 38.1 Å². The van der Waals surface area contributed by atoms with Gasteiger partial charge in [-0.25, -0.2) is 0 Å². The van der Waals surface area contributed by atoms with Crippen molar-refractivity contribution in [2.45, 2.75) is 195 Å². The summed E-state index contributed by atoms with van der Waals surface area (Å²) in [5.41, 5.74) is 1.21. The summed E-state index contributed by atoms with van der Waals surface area (Å²) in [6.45, 7) is 41.5. The van der Waals surface area contributed by atoms with Gasteiger partial charge in [0.1, 0.15) is 49.1 Å². The zero-order valence-corrected chi connectivity index (χ0v) is 46.3. The van der Waals surface area contributed by atoms with Gasteiger partial charge in [-0.3, -0.25) is 19.5 Å². The van der Waals surface area contributed by atoms with Crippen molar-refractivity contribution in [2.75, 3.05) is 78.9 Å². The predicted octanol–water partition coefficient (Wildman–Crippen LogP) is 9.59. The van der Waals surface area contributed by atoms with E-state index in [9.17, 15) is 10.2 Å². The Hall–Kier alpha value is -2.44. The number of aliphatic hydroxyl groups excluding tert-OH is 2. The van der Waals surface area contributed by atoms with E-state index in [0.717, 1.165) is 76.2 Å². The summed E-state index contributed by atoms with van der Waals surface area (Å²) in [4.78, 5) is 17.8. The Morgan fingerprint density at radius 2 is 0.971 bits per heavy atom. The molecule has 0 amide bonds. The van der Waals surface area contributed by atoms with Gasteiger partial charge in [-0.2, -0.15) is 10.1 Å². The lowest BCUT2D eigenvalue weighted by atomic mass is 9.77. The quantitative estimate of drug-likeness (QED) is 0.166. The normalized spacial score (nSPS) is 28.3. The Balaban J connectivity index is 0.00000222. The maximum absolute atomic E-state index is 10.9. The van der Waals surface area contributed by atoms with Crippen LogP contribution in [0.15, 0.2) is 48.5 Å². The molecule has 5 aliphatic heterocycles. The Morgan fingerprint density at radius 1 is 0.571 bits per heavy atom. The van der Waals surface area contributed by atoms with Crippen LogP contribution in [0.25, 0.3) is 0 Å². The van der Waals surface area contributed by atoms with Crippen molar-refractivity contribution < 1.29 is 48.3 Å². The average molecular weight is 985 g/mol. The summed E-state index contributed by atoms with van der Waals surface area (Å²) in [6, 6.07) is 16.0. The number of benzene rings is 2. The third-order valence-electron chi connectivity index (χ3n) is 14.0. The van der Waals surface area contributed by atoms with Crippen LogP contribution >= 0.6 is 0 Å². The van der Waals surface area contributed by atoms with Crippen LogP contribution in [0.5, 0.6) is 11.5 Å². The zero-order chi connectivity index (χ0) is 51.7. The van der Waals surface area contributed by atoms with Crippen molar-refractivity contribution in [3.05, 3.63) is 59.7 Å². The molecule has 5 atom stereocenters. The largest absolute Gasteiger partial charge is 0.491 e. The fourth-order valence-corrected chi connectivity index (χ4v) is 11.0. The third kappa shape index (κ3) is 15.6. The van der Waals surface area contributed by atoms with Gasteiger partial charge in [-0.1, -0.05) is 72.7 Å². The summed E-state index contributed by atoms with van der Waals surface area (Å²) in [5.74, 6) is 0.690. The number of hydrogen-bond acceptors (Lipinski definition) is 14. The summed E-state index contributed by atoms with van der Waals surface area (Å²) in [7, 11) is 0. The van der Waals surface area contributed by atoms with E-state index in [2.05, 4.69) is 103 Å². The van der Waals surface area contributed by atoms with E-state index in [1.54, 1.807) is 0 Å². The van der Waals surface area contributed by atoms with E-state index < -0.39 is 23.8 Å². The summed E-state index contributed by atoms with van der Waals surface area (Å²) in [6.07, 6.45) is 1.35. The lowest BCUT2D eigenvalue weighted by molar-refractivity contribution is -0.387.